The topological polar surface area (TPSA) is 32.3 Å². The standard InChI is InChI=1S/C15H26N2O/c18-15(9-12-5-2-1-3-6-12)17-10-13-7-4-8-16-14(13)11-17/h12-14,16H,1-11H2. The first-order chi connectivity index (χ1) is 8.83. The molecule has 3 fully saturated rings. The van der Waals surface area contributed by atoms with Crippen molar-refractivity contribution in [1.29, 1.82) is 0 Å². The van der Waals surface area contributed by atoms with Crippen LogP contribution >= 0.6 is 0 Å². The molecule has 1 saturated carbocycles. The van der Waals surface area contributed by atoms with Gasteiger partial charge in [-0.2, -0.15) is 0 Å². The van der Waals surface area contributed by atoms with E-state index in [1.807, 2.05) is 0 Å². The largest absolute Gasteiger partial charge is 0.341 e. The minimum Gasteiger partial charge on any atom is -0.341 e. The highest BCUT2D eigenvalue weighted by molar-refractivity contribution is 5.76. The molecule has 0 aromatic carbocycles. The first-order valence-electron chi connectivity index (χ1n) is 7.84. The van der Waals surface area contributed by atoms with E-state index in [2.05, 4.69) is 10.2 Å². The first-order valence-corrected chi connectivity index (χ1v) is 7.84. The van der Waals surface area contributed by atoms with Gasteiger partial charge in [-0.25, -0.2) is 0 Å². The Kier molecular flexibility index (Phi) is 3.88. The molecule has 102 valence electrons. The molecule has 1 aliphatic carbocycles. The van der Waals surface area contributed by atoms with Crippen LogP contribution in [0.3, 0.4) is 0 Å². The van der Waals surface area contributed by atoms with Crippen LogP contribution in [0.5, 0.6) is 0 Å². The molecular formula is C15H26N2O. The Labute approximate surface area is 110 Å². The van der Waals surface area contributed by atoms with Crippen molar-refractivity contribution in [2.75, 3.05) is 19.6 Å². The molecule has 0 aromatic rings. The molecule has 1 amide bonds. The third-order valence-corrected chi connectivity index (χ3v) is 5.14. The highest BCUT2D eigenvalue weighted by Gasteiger charge is 2.36. The maximum absolute atomic E-state index is 12.4. The summed E-state index contributed by atoms with van der Waals surface area (Å²) in [6, 6.07) is 0.592. The summed E-state index contributed by atoms with van der Waals surface area (Å²) in [5.74, 6) is 1.84. The zero-order valence-electron chi connectivity index (χ0n) is 11.4. The van der Waals surface area contributed by atoms with Gasteiger partial charge in [0.05, 0.1) is 0 Å². The predicted molar refractivity (Wildman–Crippen MR) is 72.3 cm³/mol. The zero-order valence-corrected chi connectivity index (χ0v) is 11.4. The zero-order chi connectivity index (χ0) is 12.4. The van der Waals surface area contributed by atoms with Gasteiger partial charge in [-0.3, -0.25) is 4.79 Å². The monoisotopic (exact) mass is 250 g/mol. The third kappa shape index (κ3) is 2.71. The summed E-state index contributed by atoms with van der Waals surface area (Å²) >= 11 is 0. The smallest absolute Gasteiger partial charge is 0.222 e. The van der Waals surface area contributed by atoms with Gasteiger partial charge < -0.3 is 10.2 Å². The third-order valence-electron chi connectivity index (χ3n) is 5.14. The van der Waals surface area contributed by atoms with Crippen LogP contribution in [0, 0.1) is 11.8 Å². The summed E-state index contributed by atoms with van der Waals surface area (Å²) in [4.78, 5) is 14.5. The molecule has 0 bridgehead atoms. The van der Waals surface area contributed by atoms with Gasteiger partial charge in [-0.15, -0.1) is 0 Å². The molecule has 0 radical (unpaired) electrons. The number of carbonyl (C=O) groups excluding carboxylic acids is 1. The van der Waals surface area contributed by atoms with Crippen LogP contribution in [0.25, 0.3) is 0 Å². The summed E-state index contributed by atoms with van der Waals surface area (Å²) in [6.45, 7) is 3.13. The van der Waals surface area contributed by atoms with Gasteiger partial charge >= 0.3 is 0 Å². The second-order valence-corrected chi connectivity index (χ2v) is 6.47. The van der Waals surface area contributed by atoms with Crippen LogP contribution in [0.4, 0.5) is 0 Å². The highest BCUT2D eigenvalue weighted by Crippen LogP contribution is 2.29. The molecule has 0 aromatic heterocycles. The van der Waals surface area contributed by atoms with Crippen molar-refractivity contribution < 1.29 is 4.79 Å². The summed E-state index contributed by atoms with van der Waals surface area (Å²) in [6.07, 6.45) is 10.0. The molecule has 0 spiro atoms. The maximum Gasteiger partial charge on any atom is 0.222 e. The van der Waals surface area contributed by atoms with E-state index in [4.69, 9.17) is 0 Å². The molecule has 2 unspecified atom stereocenters. The maximum atomic E-state index is 12.4. The Morgan fingerprint density at radius 3 is 2.67 bits per heavy atom. The van der Waals surface area contributed by atoms with Crippen molar-refractivity contribution in [2.45, 2.75) is 57.4 Å². The van der Waals surface area contributed by atoms with Crippen molar-refractivity contribution in [3.05, 3.63) is 0 Å². The molecule has 3 rings (SSSR count). The first kappa shape index (κ1) is 12.5. The Bertz CT molecular complexity index is 285. The van der Waals surface area contributed by atoms with E-state index in [0.717, 1.165) is 32.0 Å². The lowest BCUT2D eigenvalue weighted by atomic mass is 9.87. The number of likely N-dealkylation sites (tertiary alicyclic amines) is 1. The van der Waals surface area contributed by atoms with Crippen LogP contribution in [-0.4, -0.2) is 36.5 Å². The quantitative estimate of drug-likeness (QED) is 0.814. The number of rotatable bonds is 2. The molecule has 3 aliphatic rings. The Morgan fingerprint density at radius 1 is 1.06 bits per heavy atom. The fraction of sp³-hybridized carbons (Fsp3) is 0.933. The number of hydrogen-bond donors (Lipinski definition) is 1. The lowest BCUT2D eigenvalue weighted by Crippen LogP contribution is -2.41. The molecule has 1 N–H and O–H groups in total. The van der Waals surface area contributed by atoms with Crippen LogP contribution in [0.2, 0.25) is 0 Å². The molecule has 3 nitrogen and oxygen atoms in total. The van der Waals surface area contributed by atoms with Crippen molar-refractivity contribution in [2.24, 2.45) is 11.8 Å². The van der Waals surface area contributed by atoms with E-state index in [1.165, 1.54) is 44.9 Å². The van der Waals surface area contributed by atoms with Gasteiger partial charge in [0.1, 0.15) is 0 Å². The van der Waals surface area contributed by atoms with E-state index >= 15 is 0 Å². The van der Waals surface area contributed by atoms with Crippen LogP contribution in [0.1, 0.15) is 51.4 Å². The fourth-order valence-corrected chi connectivity index (χ4v) is 4.02. The van der Waals surface area contributed by atoms with Crippen molar-refractivity contribution in [1.82, 2.24) is 10.2 Å². The predicted octanol–water partition coefficient (Wildman–Crippen LogP) is 2.17. The van der Waals surface area contributed by atoms with Gasteiger partial charge in [0.25, 0.3) is 0 Å². The van der Waals surface area contributed by atoms with Gasteiger partial charge in [0.2, 0.25) is 5.91 Å². The van der Waals surface area contributed by atoms with Crippen molar-refractivity contribution in [3.63, 3.8) is 0 Å². The molecule has 2 heterocycles. The van der Waals surface area contributed by atoms with E-state index in [-0.39, 0.29) is 0 Å². The molecular weight excluding hydrogens is 224 g/mol. The van der Waals surface area contributed by atoms with Gasteiger partial charge in [-0.05, 0) is 44.1 Å². The number of nitrogens with zero attached hydrogens (tertiary/aromatic N) is 1. The average Bonchev–Trinajstić information content (AvgIpc) is 2.84. The SMILES string of the molecule is O=C(CC1CCCCC1)N1CC2CCCNC2C1. The summed E-state index contributed by atoms with van der Waals surface area (Å²) < 4.78 is 0. The Morgan fingerprint density at radius 2 is 1.89 bits per heavy atom. The molecule has 2 aliphatic heterocycles. The van der Waals surface area contributed by atoms with Crippen LogP contribution in [0.15, 0.2) is 0 Å². The molecule has 2 atom stereocenters. The second-order valence-electron chi connectivity index (χ2n) is 6.47. The number of piperidine rings is 1. The van der Waals surface area contributed by atoms with Crippen LogP contribution < -0.4 is 5.32 Å². The average molecular weight is 250 g/mol. The summed E-state index contributed by atoms with van der Waals surface area (Å²) in [7, 11) is 0. The lowest BCUT2D eigenvalue weighted by Gasteiger charge is -2.24. The fourth-order valence-electron chi connectivity index (χ4n) is 4.02. The van der Waals surface area contributed by atoms with Crippen LogP contribution in [-0.2, 0) is 4.79 Å². The minimum absolute atomic E-state index is 0.429. The number of carbonyl (C=O) groups is 1. The van der Waals surface area contributed by atoms with Crippen molar-refractivity contribution in [3.8, 4) is 0 Å². The highest BCUT2D eigenvalue weighted by atomic mass is 16.2. The van der Waals surface area contributed by atoms with Gasteiger partial charge in [-0.1, -0.05) is 19.3 Å². The molecule has 3 heteroatoms. The Balaban J connectivity index is 1.50. The van der Waals surface area contributed by atoms with Crippen molar-refractivity contribution >= 4 is 5.91 Å². The normalized spacial score (nSPS) is 33.4. The van der Waals surface area contributed by atoms with E-state index < -0.39 is 0 Å². The van der Waals surface area contributed by atoms with E-state index in [1.54, 1.807) is 0 Å². The second kappa shape index (κ2) is 5.60. The minimum atomic E-state index is 0.429. The number of nitrogens with one attached hydrogen (secondary N) is 1. The number of hydrogen-bond acceptors (Lipinski definition) is 2. The number of fused-ring (bicyclic) bond motifs is 1. The Hall–Kier alpha value is -0.570. The summed E-state index contributed by atoms with van der Waals surface area (Å²) in [5, 5.41) is 3.58. The molecule has 18 heavy (non-hydrogen) atoms. The number of amides is 1. The summed E-state index contributed by atoms with van der Waals surface area (Å²) in [5.41, 5.74) is 0. The molecule has 2 saturated heterocycles. The van der Waals surface area contributed by atoms with E-state index in [0.29, 0.717) is 17.9 Å². The lowest BCUT2D eigenvalue weighted by molar-refractivity contribution is -0.131. The van der Waals surface area contributed by atoms with E-state index in [9.17, 15) is 4.79 Å². The van der Waals surface area contributed by atoms with Gasteiger partial charge in [0.15, 0.2) is 0 Å². The van der Waals surface area contributed by atoms with Gasteiger partial charge in [0, 0.05) is 25.6 Å².